The highest BCUT2D eigenvalue weighted by molar-refractivity contribution is 5.68. The van der Waals surface area contributed by atoms with Gasteiger partial charge in [0.15, 0.2) is 0 Å². The molecule has 0 atom stereocenters. The number of carbonyl (C=O) groups is 2. The first-order valence-corrected chi connectivity index (χ1v) is 8.31. The molecule has 0 saturated carbocycles. The molecule has 0 N–H and O–H groups in total. The lowest BCUT2D eigenvalue weighted by molar-refractivity contribution is -0.140. The Labute approximate surface area is 124 Å². The van der Waals surface area contributed by atoms with Crippen LogP contribution in [0.5, 0.6) is 0 Å². The van der Waals surface area contributed by atoms with Crippen LogP contribution in [-0.4, -0.2) is 19.4 Å². The normalized spacial score (nSPS) is 10.4. The third-order valence-corrected chi connectivity index (χ3v) is 3.68. The van der Waals surface area contributed by atoms with Crippen molar-refractivity contribution in [3.8, 4) is 0 Å². The van der Waals surface area contributed by atoms with Gasteiger partial charge in [-0.25, -0.2) is 0 Å². The van der Waals surface area contributed by atoms with Crippen molar-refractivity contribution in [1.29, 1.82) is 0 Å². The van der Waals surface area contributed by atoms with Crippen LogP contribution in [0.1, 0.15) is 89.9 Å². The first-order chi connectivity index (χ1) is 9.81. The molecule has 0 spiro atoms. The van der Waals surface area contributed by atoms with E-state index in [2.05, 4.69) is 4.74 Å². The molecule has 0 bridgehead atoms. The fraction of sp³-hybridized carbons (Fsp3) is 0.882. The van der Waals surface area contributed by atoms with E-state index in [1.54, 1.807) is 0 Å². The summed E-state index contributed by atoms with van der Waals surface area (Å²) in [5.41, 5.74) is 0. The van der Waals surface area contributed by atoms with E-state index in [4.69, 9.17) is 0 Å². The summed E-state index contributed by atoms with van der Waals surface area (Å²) in [6.07, 6.45) is 17.2. The molecule has 0 rings (SSSR count). The number of carbonyl (C=O) groups excluding carboxylic acids is 2. The highest BCUT2D eigenvalue weighted by Gasteiger charge is 1.99. The molecule has 0 aliphatic heterocycles. The highest BCUT2D eigenvalue weighted by Crippen LogP contribution is 2.12. The summed E-state index contributed by atoms with van der Waals surface area (Å²) in [4.78, 5) is 21.0. The van der Waals surface area contributed by atoms with Gasteiger partial charge in [0, 0.05) is 12.8 Å². The van der Waals surface area contributed by atoms with Gasteiger partial charge < -0.3 is 9.53 Å². The van der Waals surface area contributed by atoms with Gasteiger partial charge in [-0.05, 0) is 12.8 Å². The fourth-order valence-electron chi connectivity index (χ4n) is 2.37. The van der Waals surface area contributed by atoms with Crippen molar-refractivity contribution in [3.05, 3.63) is 0 Å². The molecule has 3 nitrogen and oxygen atoms in total. The molecular formula is C17H32O3. The van der Waals surface area contributed by atoms with Crippen LogP contribution in [0.25, 0.3) is 0 Å². The predicted molar refractivity (Wildman–Crippen MR) is 82.7 cm³/mol. The van der Waals surface area contributed by atoms with E-state index in [0.29, 0.717) is 6.42 Å². The van der Waals surface area contributed by atoms with Gasteiger partial charge in [-0.1, -0.05) is 64.2 Å². The molecular weight excluding hydrogens is 252 g/mol. The van der Waals surface area contributed by atoms with E-state index >= 15 is 0 Å². The zero-order valence-corrected chi connectivity index (χ0v) is 13.2. The molecule has 0 aliphatic carbocycles. The van der Waals surface area contributed by atoms with Crippen LogP contribution in [0.4, 0.5) is 0 Å². The number of methoxy groups -OCH3 is 1. The smallest absolute Gasteiger partial charge is 0.305 e. The monoisotopic (exact) mass is 284 g/mol. The Kier molecular flexibility index (Phi) is 15.5. The topological polar surface area (TPSA) is 43.4 Å². The Bertz CT molecular complexity index is 226. The van der Waals surface area contributed by atoms with Gasteiger partial charge >= 0.3 is 5.97 Å². The molecule has 0 aromatic heterocycles. The third-order valence-electron chi connectivity index (χ3n) is 3.68. The summed E-state index contributed by atoms with van der Waals surface area (Å²) >= 11 is 0. The zero-order chi connectivity index (χ0) is 14.9. The molecule has 3 heteroatoms. The quantitative estimate of drug-likeness (QED) is 0.246. The van der Waals surface area contributed by atoms with E-state index in [0.717, 1.165) is 32.0 Å². The molecule has 0 saturated heterocycles. The van der Waals surface area contributed by atoms with E-state index < -0.39 is 0 Å². The standard InChI is InChI=1S/C17H32O3/c1-20-17(19)15-13-11-9-7-5-3-2-4-6-8-10-12-14-16-18/h16H,2-15H2,1H3. The van der Waals surface area contributed by atoms with Gasteiger partial charge in [0.25, 0.3) is 0 Å². The summed E-state index contributed by atoms with van der Waals surface area (Å²) in [5.74, 6) is -0.0851. The summed E-state index contributed by atoms with van der Waals surface area (Å²) in [7, 11) is 1.45. The number of rotatable bonds is 15. The number of unbranched alkanes of at least 4 members (excludes halogenated alkanes) is 12. The van der Waals surface area contributed by atoms with Crippen molar-refractivity contribution in [2.24, 2.45) is 0 Å². The molecule has 0 heterocycles. The maximum Gasteiger partial charge on any atom is 0.305 e. The maximum absolute atomic E-state index is 10.9. The van der Waals surface area contributed by atoms with Crippen molar-refractivity contribution < 1.29 is 14.3 Å². The zero-order valence-electron chi connectivity index (χ0n) is 13.2. The summed E-state index contributed by atoms with van der Waals surface area (Å²) in [6, 6.07) is 0. The van der Waals surface area contributed by atoms with Crippen molar-refractivity contribution in [1.82, 2.24) is 0 Å². The van der Waals surface area contributed by atoms with Gasteiger partial charge in [0.05, 0.1) is 7.11 Å². The number of hydrogen-bond acceptors (Lipinski definition) is 3. The lowest BCUT2D eigenvalue weighted by Gasteiger charge is -2.02. The first kappa shape index (κ1) is 19.1. The summed E-state index contributed by atoms with van der Waals surface area (Å²) in [6.45, 7) is 0. The van der Waals surface area contributed by atoms with Crippen molar-refractivity contribution in [2.45, 2.75) is 89.9 Å². The molecule has 20 heavy (non-hydrogen) atoms. The average molecular weight is 284 g/mol. The Morgan fingerprint density at radius 2 is 1.15 bits per heavy atom. The molecule has 0 aliphatic rings. The van der Waals surface area contributed by atoms with Crippen LogP contribution in [0.15, 0.2) is 0 Å². The largest absolute Gasteiger partial charge is 0.469 e. The van der Waals surface area contributed by atoms with E-state index in [-0.39, 0.29) is 5.97 Å². The molecule has 118 valence electrons. The minimum absolute atomic E-state index is 0.0851. The predicted octanol–water partition coefficient (Wildman–Crippen LogP) is 4.82. The van der Waals surface area contributed by atoms with Gasteiger partial charge in [0.1, 0.15) is 6.29 Å². The molecule has 0 unspecified atom stereocenters. The van der Waals surface area contributed by atoms with Gasteiger partial charge in [-0.2, -0.15) is 0 Å². The Morgan fingerprint density at radius 3 is 1.55 bits per heavy atom. The van der Waals surface area contributed by atoms with Gasteiger partial charge in [0.2, 0.25) is 0 Å². The summed E-state index contributed by atoms with van der Waals surface area (Å²) in [5, 5.41) is 0. The highest BCUT2D eigenvalue weighted by atomic mass is 16.5. The van der Waals surface area contributed by atoms with Crippen molar-refractivity contribution in [2.75, 3.05) is 7.11 Å². The number of aldehydes is 1. The lowest BCUT2D eigenvalue weighted by atomic mass is 10.0. The number of ether oxygens (including phenoxy) is 1. The fourth-order valence-corrected chi connectivity index (χ4v) is 2.37. The molecule has 0 radical (unpaired) electrons. The minimum Gasteiger partial charge on any atom is -0.469 e. The van der Waals surface area contributed by atoms with Crippen molar-refractivity contribution in [3.63, 3.8) is 0 Å². The van der Waals surface area contributed by atoms with Crippen LogP contribution in [0.3, 0.4) is 0 Å². The summed E-state index contributed by atoms with van der Waals surface area (Å²) < 4.78 is 4.61. The molecule has 0 aromatic rings. The average Bonchev–Trinajstić information content (AvgIpc) is 2.47. The Hall–Kier alpha value is -0.860. The Morgan fingerprint density at radius 1 is 0.750 bits per heavy atom. The maximum atomic E-state index is 10.9. The van der Waals surface area contributed by atoms with E-state index in [1.807, 2.05) is 0 Å². The molecule has 0 aromatic carbocycles. The van der Waals surface area contributed by atoms with Crippen LogP contribution in [-0.2, 0) is 14.3 Å². The van der Waals surface area contributed by atoms with Crippen LogP contribution in [0.2, 0.25) is 0 Å². The number of esters is 1. The minimum atomic E-state index is -0.0851. The second-order valence-electron chi connectivity index (χ2n) is 5.52. The van der Waals surface area contributed by atoms with E-state index in [9.17, 15) is 9.59 Å². The number of hydrogen-bond donors (Lipinski definition) is 0. The van der Waals surface area contributed by atoms with Crippen LogP contribution in [0, 0.1) is 0 Å². The lowest BCUT2D eigenvalue weighted by Crippen LogP contribution is -1.99. The molecule has 0 fully saturated rings. The van der Waals surface area contributed by atoms with Crippen molar-refractivity contribution >= 4 is 12.3 Å². The molecule has 0 amide bonds. The van der Waals surface area contributed by atoms with Gasteiger partial charge in [-0.15, -0.1) is 0 Å². The van der Waals surface area contributed by atoms with Crippen LogP contribution >= 0.6 is 0 Å². The van der Waals surface area contributed by atoms with Gasteiger partial charge in [-0.3, -0.25) is 4.79 Å². The third kappa shape index (κ3) is 15.2. The van der Waals surface area contributed by atoms with Crippen LogP contribution < -0.4 is 0 Å². The second-order valence-corrected chi connectivity index (χ2v) is 5.52. The Balaban J connectivity index is 2.99. The first-order valence-electron chi connectivity index (χ1n) is 8.31. The SMILES string of the molecule is COC(=O)CCCCCCCCCCCCCCC=O. The second kappa shape index (κ2) is 16.2. The van der Waals surface area contributed by atoms with E-state index in [1.165, 1.54) is 64.9 Å².